The fraction of sp³-hybridized carbons (Fsp3) is 0.318. The molecule has 3 heterocycles. The van der Waals surface area contributed by atoms with Gasteiger partial charge in [0.2, 0.25) is 0 Å². The van der Waals surface area contributed by atoms with Crippen LogP contribution in [-0.4, -0.2) is 38.6 Å². The second kappa shape index (κ2) is 8.06. The summed E-state index contributed by atoms with van der Waals surface area (Å²) in [4.78, 5) is 17.7. The number of H-pyrrole nitrogens is 1. The fourth-order valence-electron chi connectivity index (χ4n) is 3.72. The number of nitrogens with zero attached hydrogens (tertiary/aromatic N) is 4. The number of nitrogens with one attached hydrogen (secondary N) is 1. The Hall–Kier alpha value is -3.55. The van der Waals surface area contributed by atoms with Crippen LogP contribution in [0.3, 0.4) is 0 Å². The first-order valence-corrected chi connectivity index (χ1v) is 9.90. The van der Waals surface area contributed by atoms with E-state index in [4.69, 9.17) is 14.5 Å². The monoisotopic (exact) mass is 407 g/mol. The first-order valence-electron chi connectivity index (χ1n) is 9.90. The lowest BCUT2D eigenvalue weighted by Crippen LogP contribution is -2.18. The number of aromatic nitrogens is 5. The third kappa shape index (κ3) is 3.45. The van der Waals surface area contributed by atoms with Gasteiger partial charge >= 0.3 is 0 Å². The van der Waals surface area contributed by atoms with Crippen LogP contribution in [0.4, 0.5) is 0 Å². The van der Waals surface area contributed by atoms with Crippen LogP contribution in [0.5, 0.6) is 11.5 Å². The molecule has 156 valence electrons. The van der Waals surface area contributed by atoms with Gasteiger partial charge in [-0.3, -0.25) is 14.6 Å². The number of fused-ring (bicyclic) bond motifs is 1. The second-order valence-electron chi connectivity index (χ2n) is 7.17. The van der Waals surface area contributed by atoms with E-state index in [9.17, 15) is 4.79 Å². The molecule has 0 aliphatic heterocycles. The van der Waals surface area contributed by atoms with Crippen LogP contribution in [0.25, 0.3) is 16.8 Å². The molecule has 1 atom stereocenters. The lowest BCUT2D eigenvalue weighted by Gasteiger charge is -2.12. The van der Waals surface area contributed by atoms with Gasteiger partial charge in [0.25, 0.3) is 5.56 Å². The average Bonchev–Trinajstić information content (AvgIpc) is 3.41. The van der Waals surface area contributed by atoms with E-state index < -0.39 is 0 Å². The minimum absolute atomic E-state index is 0.0865. The Morgan fingerprint density at radius 3 is 2.63 bits per heavy atom. The Morgan fingerprint density at radius 1 is 1.17 bits per heavy atom. The van der Waals surface area contributed by atoms with Crippen molar-refractivity contribution in [2.24, 2.45) is 0 Å². The minimum atomic E-state index is -0.135. The minimum Gasteiger partial charge on any atom is -0.493 e. The third-order valence-corrected chi connectivity index (χ3v) is 5.25. The van der Waals surface area contributed by atoms with Crippen LogP contribution < -0.4 is 15.0 Å². The molecular weight excluding hydrogens is 382 g/mol. The van der Waals surface area contributed by atoms with Crippen molar-refractivity contribution in [3.05, 3.63) is 64.5 Å². The summed E-state index contributed by atoms with van der Waals surface area (Å²) in [5, 5.41) is 7.50. The van der Waals surface area contributed by atoms with Crippen molar-refractivity contribution >= 4 is 5.65 Å². The molecule has 0 spiro atoms. The van der Waals surface area contributed by atoms with Crippen LogP contribution in [0.15, 0.2) is 47.5 Å². The van der Waals surface area contributed by atoms with E-state index in [1.54, 1.807) is 26.5 Å². The van der Waals surface area contributed by atoms with Crippen molar-refractivity contribution in [3.63, 3.8) is 0 Å². The highest BCUT2D eigenvalue weighted by Gasteiger charge is 2.19. The Balaban J connectivity index is 1.85. The maximum absolute atomic E-state index is 12.8. The summed E-state index contributed by atoms with van der Waals surface area (Å²) in [6.45, 7) is 4.10. The maximum Gasteiger partial charge on any atom is 0.272 e. The zero-order chi connectivity index (χ0) is 21.3. The lowest BCUT2D eigenvalue weighted by atomic mass is 10.0. The third-order valence-electron chi connectivity index (χ3n) is 5.25. The van der Waals surface area contributed by atoms with Crippen LogP contribution in [0, 0.1) is 0 Å². The standard InChI is InChI=1S/C22H25N5O3/c1-5-17-21(15-7-8-18(29-3)19(12-15)30-4)22-24-16(13-20(28)27(22)25-17)11-14(2)26-10-6-9-23-26/h6-10,12-14,25H,5,11H2,1-4H3/t14-/m1/s1. The molecule has 8 nitrogen and oxygen atoms in total. The summed E-state index contributed by atoms with van der Waals surface area (Å²) in [7, 11) is 3.21. The molecule has 0 bridgehead atoms. The molecule has 0 aliphatic carbocycles. The Bertz CT molecular complexity index is 1220. The first-order chi connectivity index (χ1) is 14.5. The van der Waals surface area contributed by atoms with E-state index in [1.807, 2.05) is 42.1 Å². The molecule has 0 saturated carbocycles. The predicted octanol–water partition coefficient (Wildman–Crippen LogP) is 3.27. The van der Waals surface area contributed by atoms with Crippen molar-refractivity contribution in [3.8, 4) is 22.6 Å². The Kier molecular flexibility index (Phi) is 5.31. The molecule has 4 aromatic rings. The number of ether oxygens (including phenoxy) is 2. The second-order valence-corrected chi connectivity index (χ2v) is 7.17. The largest absolute Gasteiger partial charge is 0.493 e. The molecule has 0 aliphatic rings. The van der Waals surface area contributed by atoms with Crippen molar-refractivity contribution in [2.45, 2.75) is 32.7 Å². The quantitative estimate of drug-likeness (QED) is 0.508. The number of rotatable bonds is 7. The normalized spacial score (nSPS) is 12.3. The molecule has 3 aromatic heterocycles. The van der Waals surface area contributed by atoms with Crippen LogP contribution in [0.1, 0.15) is 31.3 Å². The summed E-state index contributed by atoms with van der Waals surface area (Å²) in [6.07, 6.45) is 4.99. The summed E-state index contributed by atoms with van der Waals surface area (Å²) < 4.78 is 14.2. The summed E-state index contributed by atoms with van der Waals surface area (Å²) in [5.41, 5.74) is 3.94. The van der Waals surface area contributed by atoms with E-state index in [0.29, 0.717) is 23.6 Å². The van der Waals surface area contributed by atoms with Gasteiger partial charge in [0.15, 0.2) is 17.1 Å². The molecule has 8 heteroatoms. The van der Waals surface area contributed by atoms with E-state index in [1.165, 1.54) is 4.52 Å². The molecule has 30 heavy (non-hydrogen) atoms. The van der Waals surface area contributed by atoms with Crippen molar-refractivity contribution in [1.29, 1.82) is 0 Å². The van der Waals surface area contributed by atoms with E-state index in [-0.39, 0.29) is 11.6 Å². The van der Waals surface area contributed by atoms with Gasteiger partial charge in [0.1, 0.15) is 0 Å². The zero-order valence-electron chi connectivity index (χ0n) is 17.5. The number of aromatic amines is 1. The maximum atomic E-state index is 12.8. The molecular formula is C22H25N5O3. The highest BCUT2D eigenvalue weighted by atomic mass is 16.5. The number of methoxy groups -OCH3 is 2. The number of hydrogen-bond acceptors (Lipinski definition) is 5. The molecule has 0 unspecified atom stereocenters. The van der Waals surface area contributed by atoms with E-state index >= 15 is 0 Å². The molecule has 0 amide bonds. The number of aryl methyl sites for hydroxylation is 1. The van der Waals surface area contributed by atoms with Crippen molar-refractivity contribution < 1.29 is 9.47 Å². The van der Waals surface area contributed by atoms with Gasteiger partial charge in [-0.15, -0.1) is 0 Å². The molecule has 4 rings (SSSR count). The van der Waals surface area contributed by atoms with Gasteiger partial charge in [-0.1, -0.05) is 13.0 Å². The number of benzene rings is 1. The van der Waals surface area contributed by atoms with Crippen molar-refractivity contribution in [2.75, 3.05) is 14.2 Å². The van der Waals surface area contributed by atoms with Gasteiger partial charge in [-0.25, -0.2) is 9.50 Å². The topological polar surface area (TPSA) is 86.4 Å². The molecule has 1 aromatic carbocycles. The van der Waals surface area contributed by atoms with Crippen LogP contribution in [0.2, 0.25) is 0 Å². The highest BCUT2D eigenvalue weighted by Crippen LogP contribution is 2.35. The van der Waals surface area contributed by atoms with Gasteiger partial charge < -0.3 is 9.47 Å². The molecule has 0 saturated heterocycles. The lowest BCUT2D eigenvalue weighted by molar-refractivity contribution is 0.355. The number of hydrogen-bond donors (Lipinski definition) is 1. The summed E-state index contributed by atoms with van der Waals surface area (Å²) in [5.74, 6) is 1.28. The Labute approximate surface area is 174 Å². The first kappa shape index (κ1) is 19.8. The fourth-order valence-corrected chi connectivity index (χ4v) is 3.72. The summed E-state index contributed by atoms with van der Waals surface area (Å²) >= 11 is 0. The molecule has 1 N–H and O–H groups in total. The van der Waals surface area contributed by atoms with Crippen LogP contribution >= 0.6 is 0 Å². The molecule has 0 radical (unpaired) electrons. The van der Waals surface area contributed by atoms with E-state index in [2.05, 4.69) is 17.1 Å². The van der Waals surface area contributed by atoms with Crippen LogP contribution in [-0.2, 0) is 12.8 Å². The van der Waals surface area contributed by atoms with Gasteiger partial charge in [0, 0.05) is 36.1 Å². The SMILES string of the molecule is CCc1[nH]n2c(=O)cc(C[C@@H](C)n3cccn3)nc2c1-c1ccc(OC)c(OC)c1. The predicted molar refractivity (Wildman–Crippen MR) is 114 cm³/mol. The van der Waals surface area contributed by atoms with Gasteiger partial charge in [-0.2, -0.15) is 5.10 Å². The zero-order valence-corrected chi connectivity index (χ0v) is 17.5. The summed E-state index contributed by atoms with van der Waals surface area (Å²) in [6, 6.07) is 9.28. The van der Waals surface area contributed by atoms with Crippen molar-refractivity contribution in [1.82, 2.24) is 24.4 Å². The van der Waals surface area contributed by atoms with Gasteiger partial charge in [0.05, 0.1) is 26.0 Å². The average molecular weight is 407 g/mol. The smallest absolute Gasteiger partial charge is 0.272 e. The highest BCUT2D eigenvalue weighted by molar-refractivity contribution is 5.81. The van der Waals surface area contributed by atoms with Gasteiger partial charge in [-0.05, 0) is 37.1 Å². The van der Waals surface area contributed by atoms with E-state index in [0.717, 1.165) is 28.9 Å². The Morgan fingerprint density at radius 2 is 1.97 bits per heavy atom. The molecule has 0 fully saturated rings.